The van der Waals surface area contributed by atoms with Crippen LogP contribution in [0.4, 0.5) is 0 Å². The molecule has 22 nitrogen and oxygen atoms in total. The molecule has 13 aromatic rings. The van der Waals surface area contributed by atoms with E-state index in [0.717, 1.165) is 54.3 Å². The van der Waals surface area contributed by atoms with E-state index < -0.39 is 83.2 Å². The van der Waals surface area contributed by atoms with Crippen LogP contribution in [-0.2, 0) is 99.6 Å². The van der Waals surface area contributed by atoms with Crippen LogP contribution in [0.1, 0.15) is 141 Å². The Morgan fingerprint density at radius 3 is 0.674 bits per heavy atom. The molecule has 0 spiro atoms. The van der Waals surface area contributed by atoms with Crippen LogP contribution in [0.3, 0.4) is 0 Å². The zero-order valence-corrected chi connectivity index (χ0v) is 74.9. The molecule has 15 rings (SSSR count). The van der Waals surface area contributed by atoms with Crippen LogP contribution in [0.15, 0.2) is 291 Å². The van der Waals surface area contributed by atoms with Gasteiger partial charge in [0.1, 0.15) is 58.1 Å². The highest BCUT2D eigenvalue weighted by molar-refractivity contribution is 6.45. The van der Waals surface area contributed by atoms with Crippen molar-refractivity contribution in [2.24, 2.45) is 11.8 Å². The van der Waals surface area contributed by atoms with E-state index in [-0.39, 0.29) is 212 Å². The summed E-state index contributed by atoms with van der Waals surface area (Å²) < 4.78 is 51.8. The van der Waals surface area contributed by atoms with E-state index >= 15 is 28.8 Å². The van der Waals surface area contributed by atoms with E-state index in [9.17, 15) is 19.2 Å². The lowest BCUT2D eigenvalue weighted by molar-refractivity contribution is -0.139. The van der Waals surface area contributed by atoms with Crippen LogP contribution in [0.2, 0.25) is 0 Å². The van der Waals surface area contributed by atoms with Crippen molar-refractivity contribution in [2.45, 2.75) is 119 Å². The second kappa shape index (κ2) is 40.0. The quantitative estimate of drug-likeness (QED) is 0.00870. The fourth-order valence-corrected chi connectivity index (χ4v) is 16.7. The molecule has 0 radical (unpaired) electrons. The number of carbonyl (C=O) groups excluding carboxylic acids is 10. The first kappa shape index (κ1) is 91.2. The zero-order chi connectivity index (χ0) is 93.3. The first-order chi connectivity index (χ1) is 63.6. The van der Waals surface area contributed by atoms with E-state index in [1.807, 2.05) is 121 Å². The number of hydrogen-bond acceptors (Lipinski definition) is 18. The summed E-state index contributed by atoms with van der Waals surface area (Å²) in [4.78, 5) is 157. The predicted molar refractivity (Wildman–Crippen MR) is 504 cm³/mol. The highest BCUT2D eigenvalue weighted by Gasteiger charge is 2.49. The summed E-state index contributed by atoms with van der Waals surface area (Å²) >= 11 is 0. The van der Waals surface area contributed by atoms with Gasteiger partial charge >= 0.3 is 23.9 Å². The van der Waals surface area contributed by atoms with Crippen molar-refractivity contribution in [1.82, 2.24) is 19.6 Å². The molecule has 2 aliphatic rings. The Morgan fingerprint density at radius 1 is 0.280 bits per heavy atom. The van der Waals surface area contributed by atoms with Gasteiger partial charge in [0.25, 0.3) is 23.6 Å². The molecule has 13 aromatic carbocycles. The minimum atomic E-state index is -1.48. The number of hydrogen-bond donors (Lipinski definition) is 0. The maximum atomic E-state index is 17.1. The van der Waals surface area contributed by atoms with Gasteiger partial charge in [0.15, 0.2) is 0 Å². The summed E-state index contributed by atoms with van der Waals surface area (Å²) in [7, 11) is 0. The molecule has 132 heavy (non-hydrogen) atoms. The lowest BCUT2D eigenvalue weighted by Crippen LogP contribution is -2.56. The molecule has 22 heteroatoms. The Hall–Kier alpha value is -15.6. The Kier molecular flexibility index (Phi) is 27.6. The Balaban J connectivity index is 1.04. The summed E-state index contributed by atoms with van der Waals surface area (Å²) in [5, 5.41) is 1.02. The van der Waals surface area contributed by atoms with Gasteiger partial charge < -0.3 is 47.7 Å². The van der Waals surface area contributed by atoms with Gasteiger partial charge in [-0.3, -0.25) is 38.6 Å². The van der Waals surface area contributed by atoms with Gasteiger partial charge in [0.05, 0.1) is 48.7 Å². The van der Waals surface area contributed by atoms with Gasteiger partial charge in [-0.15, -0.1) is 0 Å². The van der Waals surface area contributed by atoms with Crippen molar-refractivity contribution >= 4 is 102 Å². The summed E-state index contributed by atoms with van der Waals surface area (Å²) in [5.74, 6) is -7.66. The van der Waals surface area contributed by atoms with E-state index in [1.165, 1.54) is 24.3 Å². The summed E-state index contributed by atoms with van der Waals surface area (Å²) in [6.07, 6.45) is 1.13. The fraction of sp³-hybridized carbons (Fsp3) is 0.218. The molecule has 0 aliphatic carbocycles. The maximum absolute atomic E-state index is 17.1. The van der Waals surface area contributed by atoms with Crippen LogP contribution in [0.5, 0.6) is 46.0 Å². The third-order valence-electron chi connectivity index (χ3n) is 23.3. The van der Waals surface area contributed by atoms with Crippen LogP contribution in [-0.4, -0.2) is 117 Å². The van der Waals surface area contributed by atoms with Gasteiger partial charge in [0, 0.05) is 117 Å². The van der Waals surface area contributed by atoms with Gasteiger partial charge in [-0.05, 0) is 157 Å². The number of fused-ring (bicyclic) bond motifs is 2. The maximum Gasteiger partial charge on any atom is 0.333 e. The number of amides is 6. The first-order valence-electron chi connectivity index (χ1n) is 43.8. The third-order valence-corrected chi connectivity index (χ3v) is 23.3. The number of esters is 4. The Bertz CT molecular complexity index is 5920. The number of benzene rings is 13. The summed E-state index contributed by atoms with van der Waals surface area (Å²) in [6.45, 7) is 28.7. The van der Waals surface area contributed by atoms with Crippen molar-refractivity contribution in [1.29, 1.82) is 0 Å². The van der Waals surface area contributed by atoms with E-state index in [0.29, 0.717) is 0 Å². The predicted octanol–water partition coefficient (Wildman–Crippen LogP) is 21.3. The first-order valence-corrected chi connectivity index (χ1v) is 43.8. The molecule has 0 saturated heterocycles. The molecule has 668 valence electrons. The molecule has 2 atom stereocenters. The fourth-order valence-electron chi connectivity index (χ4n) is 16.7. The van der Waals surface area contributed by atoms with E-state index in [4.69, 9.17) is 37.9 Å². The smallest absolute Gasteiger partial charge is 0.333 e. The second-order valence-electron chi connectivity index (χ2n) is 34.0. The molecule has 0 bridgehead atoms. The number of rotatable bonds is 38. The summed E-state index contributed by atoms with van der Waals surface area (Å²) in [5.41, 5.74) is 6.62. The summed E-state index contributed by atoms with van der Waals surface area (Å²) in [6, 6.07) is 68.7. The monoisotopic (exact) mass is 1760 g/mol. The van der Waals surface area contributed by atoms with Crippen LogP contribution in [0, 0.1) is 11.8 Å². The SMILES string of the molecule is C=C(C)C(=O)OCCc1ccc(Oc2cc3c4c(cc(Oc5ccc(CCOC(=O)C(=C)C)cc5)c5c6c(Oc7ccc(CCOC(=O)C(=C)C)cc7)cc7c8c(cc(Oc9ccc(CCOC(=O)C(=C)C)cc9)c(c2c45)c86)C(=O)N(C(C(=O)N(Cc2ccccc2)Cc2ccccc2)C(C)C)C7=O)C(=O)N(C(C(=O)N(Cc2ccccc2)Cc2ccccc2)C(C)C)C3=O)cc1. The van der Waals surface area contributed by atoms with Crippen LogP contribution in [0.25, 0.3) is 43.1 Å². The normalized spacial score (nSPS) is 12.7. The zero-order valence-electron chi connectivity index (χ0n) is 74.9. The molecular formula is C110H100N4O18. The number of carbonyl (C=O) groups is 10. The van der Waals surface area contributed by atoms with Crippen LogP contribution < -0.4 is 18.9 Å². The lowest BCUT2D eigenvalue weighted by atomic mass is 9.80. The van der Waals surface area contributed by atoms with E-state index in [2.05, 4.69) is 26.3 Å². The van der Waals surface area contributed by atoms with Crippen molar-refractivity contribution in [3.8, 4) is 46.0 Å². The van der Waals surface area contributed by atoms with Crippen molar-refractivity contribution < 1.29 is 85.8 Å². The number of nitrogens with zero attached hydrogens (tertiary/aromatic N) is 4. The van der Waals surface area contributed by atoms with E-state index in [1.54, 1.807) is 162 Å². The minimum absolute atomic E-state index is 0.0118. The molecular weight excluding hydrogens is 1670 g/mol. The Morgan fingerprint density at radius 2 is 0.485 bits per heavy atom. The highest BCUT2D eigenvalue weighted by Crippen LogP contribution is 2.59. The standard InChI is InChI=1S/C110H100N4O18/c1-65(2)99(105(119)111(61-75-25-17-13-18-26-75)62-76-27-19-14-20-28-76)113-101(115)83-57-87(129-79-41-33-71(34-42-79)49-53-125-107(121)67(5)6)93-95-89(131-81-45-37-73(38-46-81)51-55-127-109(123)69(9)10)59-85-92-86(104(118)114(103(85)117)100(66(3)4)106(120)112(63-77-29-21-15-22-30-77)64-78-31-23-16-24-32-78)60-90(132-82-47-39-74(40-48-82)52-56-128-110(124)70(11)12)96(98(92)95)94-88(58-84(102(113)116)91(83)97(93)94)130-80-43-35-72(36-44-80)50-54-126-108(122)68(7)8/h13-48,57-60,65-66,99-100H,5,7,9,11,49-56,61-64H2,1-4,6,8,10,12H3. The molecule has 2 heterocycles. The molecule has 0 fully saturated rings. The van der Waals surface area contributed by atoms with Gasteiger partial charge in [-0.1, -0.05) is 224 Å². The van der Waals surface area contributed by atoms with Crippen molar-refractivity contribution in [2.75, 3.05) is 26.4 Å². The van der Waals surface area contributed by atoms with Crippen molar-refractivity contribution in [3.05, 3.63) is 358 Å². The number of ether oxygens (including phenoxy) is 8. The molecule has 0 saturated carbocycles. The molecule has 6 amide bonds. The van der Waals surface area contributed by atoms with Gasteiger partial charge in [0.2, 0.25) is 11.8 Å². The average molecular weight is 1770 g/mol. The Labute approximate surface area is 765 Å². The van der Waals surface area contributed by atoms with Gasteiger partial charge in [-0.2, -0.15) is 0 Å². The molecule has 2 aliphatic heterocycles. The molecule has 0 aromatic heterocycles. The van der Waals surface area contributed by atoms with Crippen molar-refractivity contribution in [3.63, 3.8) is 0 Å². The van der Waals surface area contributed by atoms with Crippen LogP contribution >= 0.6 is 0 Å². The largest absolute Gasteiger partial charge is 0.462 e. The topological polar surface area (TPSA) is 258 Å². The average Bonchev–Trinajstić information content (AvgIpc) is 0.668. The highest BCUT2D eigenvalue weighted by atomic mass is 16.5. The molecule has 2 unspecified atom stereocenters. The third kappa shape index (κ3) is 19.8. The number of imide groups is 2. The molecule has 0 N–H and O–H groups in total. The minimum Gasteiger partial charge on any atom is -0.462 e. The van der Waals surface area contributed by atoms with Gasteiger partial charge in [-0.25, -0.2) is 19.2 Å². The second-order valence-corrected chi connectivity index (χ2v) is 34.0. The lowest BCUT2D eigenvalue weighted by Gasteiger charge is -2.39.